The summed E-state index contributed by atoms with van der Waals surface area (Å²) >= 11 is 6.00. The van der Waals surface area contributed by atoms with Gasteiger partial charge in [0.25, 0.3) is 0 Å². The van der Waals surface area contributed by atoms with E-state index in [4.69, 9.17) is 16.0 Å². The van der Waals surface area contributed by atoms with Crippen molar-refractivity contribution in [3.05, 3.63) is 41.2 Å². The summed E-state index contributed by atoms with van der Waals surface area (Å²) in [5.74, 6) is 0.631. The van der Waals surface area contributed by atoms with Crippen LogP contribution in [-0.4, -0.2) is 36.1 Å². The number of rotatable bonds is 4. The predicted octanol–water partition coefficient (Wildman–Crippen LogP) is 3.60. The number of hydrogen-bond acceptors (Lipinski definition) is 4. The third kappa shape index (κ3) is 4.23. The molecule has 6 heteroatoms. The van der Waals surface area contributed by atoms with Crippen molar-refractivity contribution >= 4 is 24.0 Å². The molecule has 120 valence electrons. The number of nitrogens with one attached hydrogen (secondary N) is 1. The highest BCUT2D eigenvalue weighted by Gasteiger charge is 2.19. The molecule has 0 saturated carbocycles. The quantitative estimate of drug-likeness (QED) is 0.922. The van der Waals surface area contributed by atoms with Gasteiger partial charge >= 0.3 is 0 Å². The molecular weight excluding hydrogens is 321 g/mol. The molecule has 1 fully saturated rings. The van der Waals surface area contributed by atoms with Gasteiger partial charge in [0.05, 0.1) is 5.69 Å². The van der Waals surface area contributed by atoms with Crippen molar-refractivity contribution in [1.29, 1.82) is 0 Å². The molecule has 0 bridgehead atoms. The molecule has 0 spiro atoms. The zero-order valence-corrected chi connectivity index (χ0v) is 14.2. The van der Waals surface area contributed by atoms with Crippen molar-refractivity contribution in [2.24, 2.45) is 0 Å². The standard InChI is InChI=1S/C16H20ClN3O.ClH/c1-20(15-5-7-18-8-6-15)10-14-11-21-16(19-14)12-3-2-4-13(17)9-12;/h2-4,9,11,15,18H,5-8,10H2,1H3;1H. The number of piperidine rings is 1. The van der Waals surface area contributed by atoms with E-state index in [0.29, 0.717) is 17.0 Å². The lowest BCUT2D eigenvalue weighted by Crippen LogP contribution is -2.40. The molecule has 0 aliphatic carbocycles. The van der Waals surface area contributed by atoms with Crippen molar-refractivity contribution in [3.8, 4) is 11.5 Å². The monoisotopic (exact) mass is 341 g/mol. The first-order valence-corrected chi connectivity index (χ1v) is 7.71. The Balaban J connectivity index is 0.00000176. The van der Waals surface area contributed by atoms with Crippen molar-refractivity contribution in [2.75, 3.05) is 20.1 Å². The summed E-state index contributed by atoms with van der Waals surface area (Å²) in [6, 6.07) is 8.20. The molecular formula is C16H21Cl2N3O. The van der Waals surface area contributed by atoms with Gasteiger partial charge in [-0.05, 0) is 51.2 Å². The highest BCUT2D eigenvalue weighted by Crippen LogP contribution is 2.23. The van der Waals surface area contributed by atoms with Gasteiger partial charge in [0.1, 0.15) is 6.26 Å². The molecule has 3 rings (SSSR count). The van der Waals surface area contributed by atoms with E-state index < -0.39 is 0 Å². The van der Waals surface area contributed by atoms with Gasteiger partial charge < -0.3 is 9.73 Å². The zero-order chi connectivity index (χ0) is 14.7. The van der Waals surface area contributed by atoms with E-state index in [-0.39, 0.29) is 12.4 Å². The molecule has 2 heterocycles. The van der Waals surface area contributed by atoms with Crippen LogP contribution in [0.15, 0.2) is 34.9 Å². The Morgan fingerprint density at radius 2 is 2.14 bits per heavy atom. The van der Waals surface area contributed by atoms with E-state index in [1.54, 1.807) is 6.26 Å². The lowest BCUT2D eigenvalue weighted by atomic mass is 10.1. The van der Waals surface area contributed by atoms with Crippen molar-refractivity contribution in [2.45, 2.75) is 25.4 Å². The SMILES string of the molecule is CN(Cc1coc(-c2cccc(Cl)c2)n1)C1CCNCC1.Cl. The second-order valence-electron chi connectivity index (χ2n) is 5.55. The van der Waals surface area contributed by atoms with Crippen LogP contribution < -0.4 is 5.32 Å². The largest absolute Gasteiger partial charge is 0.444 e. The van der Waals surface area contributed by atoms with Crippen molar-refractivity contribution in [1.82, 2.24) is 15.2 Å². The molecule has 1 aromatic carbocycles. The maximum absolute atomic E-state index is 6.00. The molecule has 22 heavy (non-hydrogen) atoms. The van der Waals surface area contributed by atoms with Crippen molar-refractivity contribution < 1.29 is 4.42 Å². The van der Waals surface area contributed by atoms with Gasteiger partial charge in [-0.3, -0.25) is 4.90 Å². The summed E-state index contributed by atoms with van der Waals surface area (Å²) in [5.41, 5.74) is 1.88. The molecule has 1 saturated heterocycles. The molecule has 1 aromatic heterocycles. The van der Waals surface area contributed by atoms with Gasteiger partial charge in [0, 0.05) is 23.2 Å². The van der Waals surface area contributed by atoms with E-state index in [1.807, 2.05) is 24.3 Å². The Bertz CT molecular complexity index is 597. The number of aromatic nitrogens is 1. The summed E-state index contributed by atoms with van der Waals surface area (Å²) in [4.78, 5) is 6.94. The van der Waals surface area contributed by atoms with Crippen LogP contribution in [0.1, 0.15) is 18.5 Å². The van der Waals surface area contributed by atoms with Crippen LogP contribution in [-0.2, 0) is 6.54 Å². The fraction of sp³-hybridized carbons (Fsp3) is 0.438. The Morgan fingerprint density at radius 3 is 2.86 bits per heavy atom. The molecule has 0 radical (unpaired) electrons. The minimum absolute atomic E-state index is 0. The molecule has 0 atom stereocenters. The molecule has 2 aromatic rings. The zero-order valence-electron chi connectivity index (χ0n) is 12.6. The third-order valence-electron chi connectivity index (χ3n) is 3.97. The Labute approximate surface area is 142 Å². The van der Waals surface area contributed by atoms with E-state index in [1.165, 1.54) is 12.8 Å². The molecule has 0 amide bonds. The topological polar surface area (TPSA) is 41.3 Å². The smallest absolute Gasteiger partial charge is 0.226 e. The van der Waals surface area contributed by atoms with E-state index >= 15 is 0 Å². The van der Waals surface area contributed by atoms with Gasteiger partial charge in [-0.25, -0.2) is 4.98 Å². The van der Waals surface area contributed by atoms with Gasteiger partial charge in [-0.15, -0.1) is 12.4 Å². The molecule has 4 nitrogen and oxygen atoms in total. The van der Waals surface area contributed by atoms with Gasteiger partial charge in [-0.2, -0.15) is 0 Å². The molecule has 1 aliphatic heterocycles. The number of nitrogens with zero attached hydrogens (tertiary/aromatic N) is 2. The first kappa shape index (κ1) is 17.3. The summed E-state index contributed by atoms with van der Waals surface area (Å²) in [6.45, 7) is 3.01. The Hall–Kier alpha value is -1.07. The Morgan fingerprint density at radius 1 is 1.36 bits per heavy atom. The predicted molar refractivity (Wildman–Crippen MR) is 91.6 cm³/mol. The van der Waals surface area contributed by atoms with E-state index in [0.717, 1.165) is 30.9 Å². The molecule has 1 aliphatic rings. The van der Waals surface area contributed by atoms with Crippen LogP contribution in [0.3, 0.4) is 0 Å². The third-order valence-corrected chi connectivity index (χ3v) is 4.20. The number of hydrogen-bond donors (Lipinski definition) is 1. The second kappa shape index (κ2) is 7.97. The van der Waals surface area contributed by atoms with Gasteiger partial charge in [0.2, 0.25) is 5.89 Å². The van der Waals surface area contributed by atoms with Crippen LogP contribution in [0.4, 0.5) is 0 Å². The fourth-order valence-electron chi connectivity index (χ4n) is 2.77. The first-order chi connectivity index (χ1) is 10.2. The van der Waals surface area contributed by atoms with Gasteiger partial charge in [-0.1, -0.05) is 17.7 Å². The second-order valence-corrected chi connectivity index (χ2v) is 5.99. The lowest BCUT2D eigenvalue weighted by molar-refractivity contribution is 0.190. The Kier molecular flexibility index (Phi) is 6.26. The average Bonchev–Trinajstić information content (AvgIpc) is 2.97. The maximum Gasteiger partial charge on any atom is 0.226 e. The minimum Gasteiger partial charge on any atom is -0.444 e. The number of oxazole rings is 1. The van der Waals surface area contributed by atoms with Crippen LogP contribution in [0.5, 0.6) is 0 Å². The minimum atomic E-state index is 0. The van der Waals surface area contributed by atoms with Crippen LogP contribution in [0.2, 0.25) is 5.02 Å². The molecule has 0 unspecified atom stereocenters. The maximum atomic E-state index is 6.00. The number of halogens is 2. The summed E-state index contributed by atoms with van der Waals surface area (Å²) < 4.78 is 5.59. The van der Waals surface area contributed by atoms with E-state index in [2.05, 4.69) is 22.2 Å². The van der Waals surface area contributed by atoms with Crippen LogP contribution >= 0.6 is 24.0 Å². The van der Waals surface area contributed by atoms with Crippen LogP contribution in [0, 0.1) is 0 Å². The normalized spacial score (nSPS) is 15.8. The van der Waals surface area contributed by atoms with Gasteiger partial charge in [0.15, 0.2) is 0 Å². The summed E-state index contributed by atoms with van der Waals surface area (Å²) in [5, 5.41) is 4.08. The summed E-state index contributed by atoms with van der Waals surface area (Å²) in [6.07, 6.45) is 4.12. The average molecular weight is 342 g/mol. The first-order valence-electron chi connectivity index (χ1n) is 7.33. The number of benzene rings is 1. The highest BCUT2D eigenvalue weighted by atomic mass is 35.5. The van der Waals surface area contributed by atoms with E-state index in [9.17, 15) is 0 Å². The molecule has 1 N–H and O–H groups in total. The van der Waals surface area contributed by atoms with Crippen molar-refractivity contribution in [3.63, 3.8) is 0 Å². The van der Waals surface area contributed by atoms with Crippen LogP contribution in [0.25, 0.3) is 11.5 Å². The lowest BCUT2D eigenvalue weighted by Gasteiger charge is -2.30. The fourth-order valence-corrected chi connectivity index (χ4v) is 2.96. The highest BCUT2D eigenvalue weighted by molar-refractivity contribution is 6.30. The summed E-state index contributed by atoms with van der Waals surface area (Å²) in [7, 11) is 2.16.